The van der Waals surface area contributed by atoms with Crippen LogP contribution in [0.3, 0.4) is 0 Å². The van der Waals surface area contributed by atoms with Crippen LogP contribution < -0.4 is 9.61 Å². The molecule has 5 nitrogen and oxygen atoms in total. The summed E-state index contributed by atoms with van der Waals surface area (Å²) in [6.45, 7) is 2.00. The van der Waals surface area contributed by atoms with Crippen LogP contribution in [-0.4, -0.2) is 23.2 Å². The predicted octanol–water partition coefficient (Wildman–Crippen LogP) is 4.43. The number of carboxylic acid groups (broad SMARTS) is 1. The highest BCUT2D eigenvalue weighted by Crippen LogP contribution is 2.55. The molecule has 2 N–H and O–H groups in total. The Kier molecular flexibility index (Phi) is 5.03. The van der Waals surface area contributed by atoms with Gasteiger partial charge in [0.1, 0.15) is 5.75 Å². The Morgan fingerprint density at radius 2 is 1.71 bits per heavy atom. The number of benzene rings is 2. The third-order valence-corrected chi connectivity index (χ3v) is 7.49. The molecule has 0 unspecified atom stereocenters. The molecule has 1 aromatic heterocycles. The molecule has 0 fully saturated rings. The fourth-order valence-electron chi connectivity index (χ4n) is 3.63. The van der Waals surface area contributed by atoms with Gasteiger partial charge in [-0.25, -0.2) is 0 Å². The maximum atomic E-state index is 12.4. The minimum atomic E-state index is -0.870. The molecule has 7 heteroatoms. The van der Waals surface area contributed by atoms with Crippen molar-refractivity contribution in [2.75, 3.05) is 7.11 Å². The molecule has 0 amide bonds. The fourth-order valence-corrected chi connectivity index (χ4v) is 6.23. The van der Waals surface area contributed by atoms with Crippen molar-refractivity contribution in [3.8, 4) is 5.75 Å². The minimum absolute atomic E-state index is 0.158. The van der Waals surface area contributed by atoms with Crippen LogP contribution in [0.1, 0.15) is 32.7 Å². The molecule has 0 saturated heterocycles. The van der Waals surface area contributed by atoms with Gasteiger partial charge in [-0.15, -0.1) is 0 Å². The molecule has 1 aliphatic rings. The van der Waals surface area contributed by atoms with Crippen LogP contribution in [0.15, 0.2) is 58.4 Å². The van der Waals surface area contributed by atoms with Crippen LogP contribution in [0.5, 0.6) is 5.75 Å². The van der Waals surface area contributed by atoms with E-state index in [1.807, 2.05) is 55.5 Å². The zero-order valence-corrected chi connectivity index (χ0v) is 17.0. The second kappa shape index (κ2) is 7.48. The summed E-state index contributed by atoms with van der Waals surface area (Å²) in [6.07, 6.45) is 0. The van der Waals surface area contributed by atoms with E-state index < -0.39 is 11.9 Å². The Labute approximate surface area is 170 Å². The second-order valence-corrected chi connectivity index (χ2v) is 8.94. The fraction of sp³-hybridized carbons (Fsp3) is 0.238. The SMILES string of the molecule is COc1ccc([C@H]2Sc3[nH]c(=O)sc3[C@H](c3ccc(C)cc3)[C@@H]2C(=O)O)cc1. The van der Waals surface area contributed by atoms with E-state index in [1.165, 1.54) is 11.8 Å². The first-order chi connectivity index (χ1) is 13.5. The van der Waals surface area contributed by atoms with Gasteiger partial charge in [0.25, 0.3) is 0 Å². The van der Waals surface area contributed by atoms with E-state index in [0.717, 1.165) is 43.7 Å². The molecule has 0 saturated carbocycles. The zero-order valence-electron chi connectivity index (χ0n) is 15.3. The van der Waals surface area contributed by atoms with Crippen molar-refractivity contribution in [3.63, 3.8) is 0 Å². The van der Waals surface area contributed by atoms with Gasteiger partial charge in [0, 0.05) is 10.8 Å². The number of methoxy groups -OCH3 is 1. The summed E-state index contributed by atoms with van der Waals surface area (Å²) in [5.74, 6) is -1.23. The first-order valence-electron chi connectivity index (χ1n) is 8.81. The maximum Gasteiger partial charge on any atom is 0.308 e. The van der Waals surface area contributed by atoms with Crippen molar-refractivity contribution in [1.29, 1.82) is 0 Å². The molecule has 1 aliphatic heterocycles. The van der Waals surface area contributed by atoms with Crippen LogP contribution in [0.25, 0.3) is 0 Å². The monoisotopic (exact) mass is 413 g/mol. The van der Waals surface area contributed by atoms with Crippen LogP contribution in [0.4, 0.5) is 0 Å². The number of nitrogens with one attached hydrogen (secondary N) is 1. The second-order valence-electron chi connectivity index (χ2n) is 6.77. The number of hydrogen-bond acceptors (Lipinski definition) is 5. The van der Waals surface area contributed by atoms with Gasteiger partial charge in [0.05, 0.1) is 23.3 Å². The summed E-state index contributed by atoms with van der Waals surface area (Å²) < 4.78 is 5.22. The maximum absolute atomic E-state index is 12.4. The Morgan fingerprint density at radius 3 is 2.32 bits per heavy atom. The number of fused-ring (bicyclic) bond motifs is 1. The van der Waals surface area contributed by atoms with E-state index in [2.05, 4.69) is 4.98 Å². The van der Waals surface area contributed by atoms with Crippen LogP contribution in [0.2, 0.25) is 0 Å². The number of thioether (sulfide) groups is 1. The van der Waals surface area contributed by atoms with Crippen molar-refractivity contribution in [2.45, 2.75) is 23.1 Å². The number of hydrogen-bond donors (Lipinski definition) is 2. The van der Waals surface area contributed by atoms with Gasteiger partial charge >= 0.3 is 10.8 Å². The van der Waals surface area contributed by atoms with Crippen LogP contribution in [0, 0.1) is 12.8 Å². The first-order valence-corrected chi connectivity index (χ1v) is 10.5. The topological polar surface area (TPSA) is 79.4 Å². The van der Waals surface area contributed by atoms with Crippen LogP contribution in [-0.2, 0) is 4.79 Å². The summed E-state index contributed by atoms with van der Waals surface area (Å²) in [5, 5.41) is 10.6. The molecule has 2 aromatic carbocycles. The van der Waals surface area contributed by atoms with E-state index in [9.17, 15) is 14.7 Å². The Hall–Kier alpha value is -2.51. The lowest BCUT2D eigenvalue weighted by Gasteiger charge is -2.35. The molecule has 0 aliphatic carbocycles. The summed E-state index contributed by atoms with van der Waals surface area (Å²) in [6, 6.07) is 15.3. The summed E-state index contributed by atoms with van der Waals surface area (Å²) in [4.78, 5) is 28.0. The molecule has 3 aromatic rings. The molecule has 4 rings (SSSR count). The van der Waals surface area contributed by atoms with Crippen molar-refractivity contribution in [3.05, 3.63) is 79.8 Å². The number of rotatable bonds is 4. The number of carboxylic acids is 1. The van der Waals surface area contributed by atoms with E-state index in [1.54, 1.807) is 7.11 Å². The summed E-state index contributed by atoms with van der Waals surface area (Å²) in [7, 11) is 1.60. The number of aliphatic carboxylic acids is 1. The molecule has 3 atom stereocenters. The normalized spacial score (nSPS) is 21.1. The molecular weight excluding hydrogens is 394 g/mol. The lowest BCUT2D eigenvalue weighted by molar-refractivity contribution is -0.142. The highest BCUT2D eigenvalue weighted by atomic mass is 32.2. The van der Waals surface area contributed by atoms with E-state index in [-0.39, 0.29) is 16.0 Å². The van der Waals surface area contributed by atoms with Gasteiger partial charge in [-0.05, 0) is 30.2 Å². The predicted molar refractivity (Wildman–Crippen MR) is 111 cm³/mol. The number of aromatic nitrogens is 1. The molecule has 28 heavy (non-hydrogen) atoms. The lowest BCUT2D eigenvalue weighted by Crippen LogP contribution is -2.30. The Morgan fingerprint density at radius 1 is 1.07 bits per heavy atom. The van der Waals surface area contributed by atoms with E-state index >= 15 is 0 Å². The Balaban J connectivity index is 1.87. The number of aryl methyl sites for hydroxylation is 1. The third kappa shape index (κ3) is 3.36. The van der Waals surface area contributed by atoms with Crippen molar-refractivity contribution < 1.29 is 14.6 Å². The Bertz CT molecular complexity index is 1050. The first kappa shape index (κ1) is 18.8. The van der Waals surface area contributed by atoms with Crippen molar-refractivity contribution in [2.24, 2.45) is 5.92 Å². The van der Waals surface area contributed by atoms with Gasteiger partial charge in [0.2, 0.25) is 0 Å². The molecule has 2 heterocycles. The number of thiazole rings is 1. The van der Waals surface area contributed by atoms with E-state index in [4.69, 9.17) is 4.74 Å². The molecule has 0 radical (unpaired) electrons. The number of aromatic amines is 1. The molecular formula is C21H19NO4S2. The number of ether oxygens (including phenoxy) is 1. The lowest BCUT2D eigenvalue weighted by atomic mass is 9.80. The third-order valence-electron chi connectivity index (χ3n) is 5.02. The zero-order chi connectivity index (χ0) is 19.8. The molecule has 0 spiro atoms. The smallest absolute Gasteiger partial charge is 0.308 e. The quantitative estimate of drug-likeness (QED) is 0.661. The van der Waals surface area contributed by atoms with E-state index in [0.29, 0.717) is 0 Å². The van der Waals surface area contributed by atoms with Crippen LogP contribution >= 0.6 is 23.1 Å². The van der Waals surface area contributed by atoms with Gasteiger partial charge < -0.3 is 14.8 Å². The highest BCUT2D eigenvalue weighted by molar-refractivity contribution is 7.99. The van der Waals surface area contributed by atoms with Gasteiger partial charge in [-0.2, -0.15) is 0 Å². The van der Waals surface area contributed by atoms with Crippen molar-refractivity contribution >= 4 is 29.1 Å². The standard InChI is InChI=1S/C21H19NO4S2/c1-11-3-5-12(6-4-11)15-16(20(23)24)17(13-7-9-14(26-2)10-8-13)27-19-18(15)28-21(25)22-19/h3-10,15-17H,1-2H3,(H,22,25)(H,23,24)/t15-,16+,17-/m1/s1. The van der Waals surface area contributed by atoms with Gasteiger partial charge in [-0.3, -0.25) is 9.59 Å². The number of H-pyrrole nitrogens is 1. The summed E-state index contributed by atoms with van der Waals surface area (Å²) >= 11 is 2.52. The van der Waals surface area contributed by atoms with Crippen molar-refractivity contribution in [1.82, 2.24) is 4.98 Å². The number of carbonyl (C=O) groups is 1. The average molecular weight is 414 g/mol. The highest BCUT2D eigenvalue weighted by Gasteiger charge is 2.45. The average Bonchev–Trinajstić information content (AvgIpc) is 3.07. The van der Waals surface area contributed by atoms with Gasteiger partial charge in [0.15, 0.2) is 0 Å². The molecule has 0 bridgehead atoms. The largest absolute Gasteiger partial charge is 0.497 e. The minimum Gasteiger partial charge on any atom is -0.497 e. The summed E-state index contributed by atoms with van der Waals surface area (Å²) in [5.41, 5.74) is 2.91. The van der Waals surface area contributed by atoms with Gasteiger partial charge in [-0.1, -0.05) is 65.1 Å². The molecule has 144 valence electrons.